The van der Waals surface area contributed by atoms with E-state index in [1.807, 2.05) is 6.07 Å². The Hall–Kier alpha value is -2.25. The van der Waals surface area contributed by atoms with E-state index in [9.17, 15) is 18.9 Å². The van der Waals surface area contributed by atoms with Gasteiger partial charge in [-0.2, -0.15) is 0 Å². The number of hydrogen-bond donors (Lipinski definition) is 1. The molecule has 2 atom stereocenters. The first kappa shape index (κ1) is 15.1. The molecule has 6 nitrogen and oxygen atoms in total. The second-order valence-electron chi connectivity index (χ2n) is 4.24. The van der Waals surface area contributed by atoms with Crippen molar-refractivity contribution in [2.45, 2.75) is 5.25 Å². The summed E-state index contributed by atoms with van der Waals surface area (Å²) in [7, 11) is 0. The quantitative estimate of drug-likeness (QED) is 0.503. The lowest BCUT2D eigenvalue weighted by Gasteiger charge is -2.14. The molecule has 0 saturated carbocycles. The lowest BCUT2D eigenvalue weighted by Crippen LogP contribution is -2.15. The van der Waals surface area contributed by atoms with Gasteiger partial charge in [0, 0.05) is 12.1 Å². The third kappa shape index (κ3) is 4.11. The van der Waals surface area contributed by atoms with Crippen LogP contribution in [-0.4, -0.2) is 20.3 Å². The van der Waals surface area contributed by atoms with Gasteiger partial charge in [-0.15, -0.1) is 0 Å². The molecule has 7 heteroatoms. The highest BCUT2D eigenvalue weighted by Gasteiger charge is 2.18. The Kier molecular flexibility index (Phi) is 5.02. The third-order valence-electron chi connectivity index (χ3n) is 2.86. The predicted octanol–water partition coefficient (Wildman–Crippen LogP) is 2.94. The molecule has 0 saturated heterocycles. The Balaban J connectivity index is 2.05. The van der Waals surface area contributed by atoms with E-state index in [4.69, 9.17) is 4.74 Å². The van der Waals surface area contributed by atoms with Crippen LogP contribution in [0.15, 0.2) is 54.6 Å². The molecule has 0 bridgehead atoms. The second kappa shape index (κ2) is 6.96. The van der Waals surface area contributed by atoms with Gasteiger partial charge in [0.1, 0.15) is 17.6 Å². The van der Waals surface area contributed by atoms with Crippen LogP contribution >= 0.6 is 0 Å². The number of non-ortho nitro benzene ring substituents is 1. The van der Waals surface area contributed by atoms with Crippen LogP contribution in [0.25, 0.3) is 0 Å². The van der Waals surface area contributed by atoms with E-state index in [2.05, 4.69) is 0 Å². The van der Waals surface area contributed by atoms with Gasteiger partial charge in [-0.3, -0.25) is 10.1 Å². The van der Waals surface area contributed by atoms with Crippen molar-refractivity contribution in [3.8, 4) is 5.75 Å². The fraction of sp³-hybridized carbons (Fsp3) is 0.143. The third-order valence-corrected chi connectivity index (χ3v) is 3.76. The first-order valence-corrected chi connectivity index (χ1v) is 7.27. The molecule has 0 aliphatic rings. The maximum atomic E-state index is 11.4. The van der Waals surface area contributed by atoms with Crippen LogP contribution in [0.4, 0.5) is 5.69 Å². The number of ether oxygens (including phenoxy) is 1. The average molecular weight is 307 g/mol. The molecule has 0 fully saturated rings. The summed E-state index contributed by atoms with van der Waals surface area (Å²) in [4.78, 5) is 10.0. The first-order chi connectivity index (χ1) is 10.1. The van der Waals surface area contributed by atoms with Gasteiger partial charge in [-0.05, 0) is 17.7 Å². The first-order valence-electron chi connectivity index (χ1n) is 6.10. The van der Waals surface area contributed by atoms with E-state index in [-0.39, 0.29) is 12.3 Å². The number of hydrogen-bond acceptors (Lipinski definition) is 4. The molecule has 0 aromatic heterocycles. The highest BCUT2D eigenvalue weighted by atomic mass is 32.2. The molecule has 21 heavy (non-hydrogen) atoms. The Labute approximate surface area is 123 Å². The smallest absolute Gasteiger partial charge is 0.269 e. The predicted molar refractivity (Wildman–Crippen MR) is 78.5 cm³/mol. The van der Waals surface area contributed by atoms with Gasteiger partial charge in [-0.1, -0.05) is 30.3 Å². The molecule has 0 aliphatic carbocycles. The maximum Gasteiger partial charge on any atom is 0.269 e. The Morgan fingerprint density at radius 3 is 2.29 bits per heavy atom. The molecule has 2 unspecified atom stereocenters. The van der Waals surface area contributed by atoms with Gasteiger partial charge < -0.3 is 9.29 Å². The van der Waals surface area contributed by atoms with Gasteiger partial charge in [0.15, 0.2) is 11.1 Å². The van der Waals surface area contributed by atoms with E-state index in [1.165, 1.54) is 24.3 Å². The number of nitrogens with zero attached hydrogens (tertiary/aromatic N) is 1. The molecule has 0 radical (unpaired) electrons. The highest BCUT2D eigenvalue weighted by molar-refractivity contribution is 7.79. The fourth-order valence-electron chi connectivity index (χ4n) is 1.77. The minimum absolute atomic E-state index is 0.00490. The molecule has 110 valence electrons. The molecule has 1 N–H and O–H groups in total. The Morgan fingerprint density at radius 1 is 1.14 bits per heavy atom. The van der Waals surface area contributed by atoms with E-state index in [1.54, 1.807) is 24.3 Å². The lowest BCUT2D eigenvalue weighted by atomic mass is 10.1. The van der Waals surface area contributed by atoms with Crippen LogP contribution in [0.1, 0.15) is 10.8 Å². The van der Waals surface area contributed by atoms with E-state index in [0.29, 0.717) is 11.3 Å². The Bertz CT molecular complexity index is 630. The molecule has 2 aromatic rings. The summed E-state index contributed by atoms with van der Waals surface area (Å²) >= 11 is -2.07. The minimum atomic E-state index is -2.07. The van der Waals surface area contributed by atoms with Crippen LogP contribution in [0.5, 0.6) is 5.75 Å². The lowest BCUT2D eigenvalue weighted by molar-refractivity contribution is -0.384. The van der Waals surface area contributed by atoms with Gasteiger partial charge >= 0.3 is 0 Å². The van der Waals surface area contributed by atoms with Gasteiger partial charge in [0.05, 0.1) is 4.92 Å². The minimum Gasteiger partial charge on any atom is -0.492 e. The summed E-state index contributed by atoms with van der Waals surface area (Å²) < 4.78 is 26.2. The van der Waals surface area contributed by atoms with Crippen LogP contribution in [0.3, 0.4) is 0 Å². The molecular formula is C14H13NO5S. The van der Waals surface area contributed by atoms with E-state index in [0.717, 1.165) is 0 Å². The monoisotopic (exact) mass is 307 g/mol. The van der Waals surface area contributed by atoms with Gasteiger partial charge in [-0.25, -0.2) is 4.21 Å². The van der Waals surface area contributed by atoms with Gasteiger partial charge in [0.25, 0.3) is 5.69 Å². The Morgan fingerprint density at radius 2 is 1.76 bits per heavy atom. The summed E-state index contributed by atoms with van der Waals surface area (Å²) in [6.07, 6.45) is 0. The van der Waals surface area contributed by atoms with Crippen molar-refractivity contribution in [2.24, 2.45) is 0 Å². The molecule has 2 aromatic carbocycles. The summed E-state index contributed by atoms with van der Waals surface area (Å²) in [5.41, 5.74) is 0.660. The summed E-state index contributed by atoms with van der Waals surface area (Å²) in [5.74, 6) is 0.409. The largest absolute Gasteiger partial charge is 0.492 e. The molecule has 0 heterocycles. The maximum absolute atomic E-state index is 11.4. The molecule has 0 aliphatic heterocycles. The van der Waals surface area contributed by atoms with Crippen molar-refractivity contribution >= 4 is 16.8 Å². The molecule has 0 amide bonds. The summed E-state index contributed by atoms with van der Waals surface area (Å²) in [5, 5.41) is 9.86. The topological polar surface area (TPSA) is 89.7 Å². The zero-order valence-corrected chi connectivity index (χ0v) is 11.7. The molecule has 2 rings (SSSR count). The van der Waals surface area contributed by atoms with Crippen LogP contribution in [0.2, 0.25) is 0 Å². The highest BCUT2D eigenvalue weighted by Crippen LogP contribution is 2.22. The summed E-state index contributed by atoms with van der Waals surface area (Å²) in [6.45, 7) is 0.00490. The van der Waals surface area contributed by atoms with Crippen molar-refractivity contribution in [1.82, 2.24) is 0 Å². The molecular weight excluding hydrogens is 294 g/mol. The molecule has 0 spiro atoms. The van der Waals surface area contributed by atoms with Crippen molar-refractivity contribution in [3.63, 3.8) is 0 Å². The standard InChI is InChI=1S/C14H13NO5S/c16-15(17)12-6-8-13(9-7-12)20-10-14(21(18)19)11-4-2-1-3-5-11/h1-9,14H,10H2,(H,18,19). The number of nitro groups is 1. The van der Waals surface area contributed by atoms with Crippen molar-refractivity contribution in [1.29, 1.82) is 0 Å². The fourth-order valence-corrected chi connectivity index (χ4v) is 2.35. The zero-order valence-electron chi connectivity index (χ0n) is 10.9. The van der Waals surface area contributed by atoms with Crippen molar-refractivity contribution in [3.05, 3.63) is 70.3 Å². The number of nitro benzene ring substituents is 1. The zero-order chi connectivity index (χ0) is 15.2. The van der Waals surface area contributed by atoms with E-state index >= 15 is 0 Å². The summed E-state index contributed by atoms with van der Waals surface area (Å²) in [6, 6.07) is 14.4. The van der Waals surface area contributed by atoms with Crippen LogP contribution in [0, 0.1) is 10.1 Å². The van der Waals surface area contributed by atoms with Crippen molar-refractivity contribution < 1.29 is 18.4 Å². The second-order valence-corrected chi connectivity index (χ2v) is 5.36. The van der Waals surface area contributed by atoms with Crippen LogP contribution < -0.4 is 4.74 Å². The van der Waals surface area contributed by atoms with Crippen molar-refractivity contribution in [2.75, 3.05) is 6.61 Å². The number of benzene rings is 2. The SMILES string of the molecule is O=[N+]([O-])c1ccc(OCC(c2ccccc2)S(=O)O)cc1. The van der Waals surface area contributed by atoms with Gasteiger partial charge in [0.2, 0.25) is 0 Å². The normalized spacial score (nSPS) is 13.4. The van der Waals surface area contributed by atoms with E-state index < -0.39 is 21.3 Å². The average Bonchev–Trinajstić information content (AvgIpc) is 2.48. The van der Waals surface area contributed by atoms with Crippen LogP contribution in [-0.2, 0) is 11.1 Å². The number of rotatable bonds is 6.